The van der Waals surface area contributed by atoms with Crippen LogP contribution < -0.4 is 0 Å². The smallest absolute Gasteiger partial charge is 0.142 e. The molecular formula is C14H12O. The van der Waals surface area contributed by atoms with Gasteiger partial charge in [-0.2, -0.15) is 0 Å². The first-order valence-electron chi connectivity index (χ1n) is 4.73. The minimum atomic E-state index is 0.845. The van der Waals surface area contributed by atoms with Crippen LogP contribution in [0, 0.1) is 0 Å². The average Bonchev–Trinajstić information content (AvgIpc) is 2.75. The molecule has 0 aliphatic carbocycles. The molecule has 1 heteroatoms. The van der Waals surface area contributed by atoms with E-state index in [1.54, 1.807) is 18.4 Å². The van der Waals surface area contributed by atoms with Gasteiger partial charge in [-0.1, -0.05) is 38.0 Å². The average molecular weight is 196 g/mol. The molecule has 0 spiro atoms. The molecule has 1 aromatic carbocycles. The maximum atomic E-state index is 5.46. The second-order valence-electron chi connectivity index (χ2n) is 3.24. The van der Waals surface area contributed by atoms with Crippen molar-refractivity contribution in [2.45, 2.75) is 0 Å². The van der Waals surface area contributed by atoms with Crippen LogP contribution in [-0.4, -0.2) is 0 Å². The Bertz CT molecular complexity index is 544. The first-order chi connectivity index (χ1) is 7.31. The Balaban J connectivity index is 2.96. The van der Waals surface area contributed by atoms with Crippen molar-refractivity contribution in [2.24, 2.45) is 0 Å². The summed E-state index contributed by atoms with van der Waals surface area (Å²) in [5, 5.41) is 1.06. The van der Waals surface area contributed by atoms with Crippen molar-refractivity contribution >= 4 is 29.2 Å². The zero-order valence-electron chi connectivity index (χ0n) is 8.49. The van der Waals surface area contributed by atoms with Crippen molar-refractivity contribution in [1.82, 2.24) is 0 Å². The number of furan rings is 1. The normalized spacial score (nSPS) is 10.1. The predicted molar refractivity (Wildman–Crippen MR) is 66.5 cm³/mol. The van der Waals surface area contributed by atoms with Gasteiger partial charge in [-0.25, -0.2) is 0 Å². The Labute approximate surface area is 89.0 Å². The second kappa shape index (κ2) is 3.62. The maximum Gasteiger partial charge on any atom is 0.142 e. The van der Waals surface area contributed by atoms with Crippen LogP contribution in [0.15, 0.2) is 42.5 Å². The van der Waals surface area contributed by atoms with E-state index in [0.717, 1.165) is 27.7 Å². The molecule has 1 aromatic heterocycles. The first kappa shape index (κ1) is 9.53. The van der Waals surface area contributed by atoms with Crippen LogP contribution >= 0.6 is 0 Å². The molecule has 0 saturated heterocycles. The molecule has 1 heterocycles. The SMILES string of the molecule is C=Cc1cc(C=C)c2ccoc2c1C=C. The van der Waals surface area contributed by atoms with Crippen LogP contribution in [0.5, 0.6) is 0 Å². The van der Waals surface area contributed by atoms with Gasteiger partial charge in [0.2, 0.25) is 0 Å². The van der Waals surface area contributed by atoms with Crippen molar-refractivity contribution in [1.29, 1.82) is 0 Å². The summed E-state index contributed by atoms with van der Waals surface area (Å²) in [7, 11) is 0. The molecule has 0 N–H and O–H groups in total. The Kier molecular flexibility index (Phi) is 2.30. The number of hydrogen-bond donors (Lipinski definition) is 0. The molecule has 2 aromatic rings. The van der Waals surface area contributed by atoms with Crippen molar-refractivity contribution < 1.29 is 4.42 Å². The minimum Gasteiger partial charge on any atom is -0.464 e. The summed E-state index contributed by atoms with van der Waals surface area (Å²) in [6, 6.07) is 3.97. The monoisotopic (exact) mass is 196 g/mol. The molecule has 0 atom stereocenters. The van der Waals surface area contributed by atoms with Gasteiger partial charge in [-0.05, 0) is 23.3 Å². The zero-order chi connectivity index (χ0) is 10.8. The molecule has 0 bridgehead atoms. The lowest BCUT2D eigenvalue weighted by atomic mass is 10.00. The van der Waals surface area contributed by atoms with Gasteiger partial charge in [0, 0.05) is 10.9 Å². The lowest BCUT2D eigenvalue weighted by Crippen LogP contribution is -1.84. The van der Waals surface area contributed by atoms with Crippen LogP contribution in [0.3, 0.4) is 0 Å². The fourth-order valence-electron chi connectivity index (χ4n) is 1.75. The van der Waals surface area contributed by atoms with E-state index in [1.807, 2.05) is 18.2 Å². The van der Waals surface area contributed by atoms with E-state index in [-0.39, 0.29) is 0 Å². The Morgan fingerprint density at radius 2 is 1.73 bits per heavy atom. The van der Waals surface area contributed by atoms with E-state index < -0.39 is 0 Å². The van der Waals surface area contributed by atoms with E-state index in [9.17, 15) is 0 Å². The van der Waals surface area contributed by atoms with Gasteiger partial charge in [-0.3, -0.25) is 0 Å². The highest BCUT2D eigenvalue weighted by molar-refractivity contribution is 5.95. The van der Waals surface area contributed by atoms with Gasteiger partial charge in [0.25, 0.3) is 0 Å². The molecule has 0 saturated carbocycles. The van der Waals surface area contributed by atoms with Crippen LogP contribution in [0.1, 0.15) is 16.7 Å². The van der Waals surface area contributed by atoms with Crippen LogP contribution in [0.2, 0.25) is 0 Å². The molecule has 15 heavy (non-hydrogen) atoms. The highest BCUT2D eigenvalue weighted by Gasteiger charge is 2.09. The molecule has 0 aliphatic rings. The van der Waals surface area contributed by atoms with Crippen molar-refractivity contribution in [3.05, 3.63) is 54.8 Å². The summed E-state index contributed by atoms with van der Waals surface area (Å²) in [6.07, 6.45) is 7.08. The van der Waals surface area contributed by atoms with Crippen molar-refractivity contribution in [3.63, 3.8) is 0 Å². The lowest BCUT2D eigenvalue weighted by Gasteiger charge is -2.04. The number of benzene rings is 1. The summed E-state index contributed by atoms with van der Waals surface area (Å²) >= 11 is 0. The van der Waals surface area contributed by atoms with Crippen molar-refractivity contribution in [2.75, 3.05) is 0 Å². The van der Waals surface area contributed by atoms with Gasteiger partial charge < -0.3 is 4.42 Å². The van der Waals surface area contributed by atoms with E-state index in [0.29, 0.717) is 0 Å². The number of rotatable bonds is 3. The van der Waals surface area contributed by atoms with Gasteiger partial charge in [0.05, 0.1) is 6.26 Å². The van der Waals surface area contributed by atoms with Crippen LogP contribution in [0.4, 0.5) is 0 Å². The molecular weight excluding hydrogens is 184 g/mol. The maximum absolute atomic E-state index is 5.46. The van der Waals surface area contributed by atoms with E-state index >= 15 is 0 Å². The van der Waals surface area contributed by atoms with Crippen LogP contribution in [0.25, 0.3) is 29.2 Å². The topological polar surface area (TPSA) is 13.1 Å². The molecule has 2 rings (SSSR count). The largest absolute Gasteiger partial charge is 0.464 e. The Hall–Kier alpha value is -2.02. The molecule has 0 aliphatic heterocycles. The fraction of sp³-hybridized carbons (Fsp3) is 0. The highest BCUT2D eigenvalue weighted by atomic mass is 16.3. The van der Waals surface area contributed by atoms with E-state index in [4.69, 9.17) is 4.42 Å². The Morgan fingerprint density at radius 3 is 2.33 bits per heavy atom. The van der Waals surface area contributed by atoms with Gasteiger partial charge >= 0.3 is 0 Å². The third-order valence-electron chi connectivity index (χ3n) is 2.49. The number of fused-ring (bicyclic) bond motifs is 1. The zero-order valence-corrected chi connectivity index (χ0v) is 8.49. The third-order valence-corrected chi connectivity index (χ3v) is 2.49. The van der Waals surface area contributed by atoms with Gasteiger partial charge in [0.1, 0.15) is 5.58 Å². The van der Waals surface area contributed by atoms with Gasteiger partial charge in [0.15, 0.2) is 0 Å². The third kappa shape index (κ3) is 1.33. The van der Waals surface area contributed by atoms with E-state index in [2.05, 4.69) is 19.7 Å². The lowest BCUT2D eigenvalue weighted by molar-refractivity contribution is 0.615. The predicted octanol–water partition coefficient (Wildman–Crippen LogP) is 4.36. The summed E-state index contributed by atoms with van der Waals surface area (Å²) in [5.41, 5.74) is 3.90. The first-order valence-corrected chi connectivity index (χ1v) is 4.73. The molecule has 0 unspecified atom stereocenters. The fourth-order valence-corrected chi connectivity index (χ4v) is 1.75. The quantitative estimate of drug-likeness (QED) is 0.710. The molecule has 0 amide bonds. The van der Waals surface area contributed by atoms with E-state index in [1.165, 1.54) is 0 Å². The summed E-state index contributed by atoms with van der Waals surface area (Å²) in [5.74, 6) is 0. The number of hydrogen-bond acceptors (Lipinski definition) is 1. The second-order valence-corrected chi connectivity index (χ2v) is 3.24. The summed E-state index contributed by atoms with van der Waals surface area (Å²) in [4.78, 5) is 0. The van der Waals surface area contributed by atoms with Gasteiger partial charge in [-0.15, -0.1) is 0 Å². The minimum absolute atomic E-state index is 0.845. The Morgan fingerprint density at radius 1 is 1.00 bits per heavy atom. The summed E-state index contributed by atoms with van der Waals surface area (Å²) in [6.45, 7) is 11.4. The summed E-state index contributed by atoms with van der Waals surface area (Å²) < 4.78 is 5.46. The molecule has 0 fully saturated rings. The molecule has 1 nitrogen and oxygen atoms in total. The van der Waals surface area contributed by atoms with Crippen molar-refractivity contribution in [3.8, 4) is 0 Å². The molecule has 0 radical (unpaired) electrons. The standard InChI is InChI=1S/C14H12O/c1-4-10-9-11(5-2)13-7-8-15-14(13)12(10)6-3/h4-9H,1-3H2. The van der Waals surface area contributed by atoms with Crippen LogP contribution in [-0.2, 0) is 0 Å². The molecule has 74 valence electrons. The highest BCUT2D eigenvalue weighted by Crippen LogP contribution is 2.29.